The molecule has 2 heterocycles. The van der Waals surface area contributed by atoms with E-state index in [9.17, 15) is 22.4 Å². The lowest BCUT2D eigenvalue weighted by molar-refractivity contribution is -0.137. The molecule has 1 aliphatic heterocycles. The Balaban J connectivity index is 1.62. The second kappa shape index (κ2) is 7.16. The van der Waals surface area contributed by atoms with Gasteiger partial charge >= 0.3 is 12.3 Å². The van der Waals surface area contributed by atoms with Crippen LogP contribution in [0.15, 0.2) is 54.9 Å². The van der Waals surface area contributed by atoms with E-state index in [-0.39, 0.29) is 18.7 Å². The minimum absolute atomic E-state index is 0.0237. The monoisotopic (exact) mass is 403 g/mol. The maximum absolute atomic E-state index is 14.3. The number of carbonyl (C=O) groups excluding carboxylic acids is 1. The predicted molar refractivity (Wildman–Crippen MR) is 94.1 cm³/mol. The highest BCUT2D eigenvalue weighted by Crippen LogP contribution is 2.35. The molecule has 0 atom stereocenters. The molecule has 1 aliphatic rings. The molecule has 9 heteroatoms. The van der Waals surface area contributed by atoms with Crippen LogP contribution < -0.4 is 4.74 Å². The molecular formula is C20H13F4N3O2. The number of fused-ring (bicyclic) bond motifs is 1. The second-order valence-corrected chi connectivity index (χ2v) is 6.40. The topological polar surface area (TPSA) is 55.3 Å². The minimum Gasteiger partial charge on any atom is -0.410 e. The Morgan fingerprint density at radius 3 is 2.52 bits per heavy atom. The zero-order valence-corrected chi connectivity index (χ0v) is 14.8. The zero-order chi connectivity index (χ0) is 20.6. The first-order valence-corrected chi connectivity index (χ1v) is 8.54. The molecule has 0 fully saturated rings. The molecular weight excluding hydrogens is 390 g/mol. The number of hydrogen-bond donors (Lipinski definition) is 0. The number of aromatic nitrogens is 2. The Kier molecular flexibility index (Phi) is 4.65. The van der Waals surface area contributed by atoms with Gasteiger partial charge in [-0.25, -0.2) is 19.2 Å². The summed E-state index contributed by atoms with van der Waals surface area (Å²) in [4.78, 5) is 21.7. The Morgan fingerprint density at radius 1 is 1.07 bits per heavy atom. The number of hydrogen-bond acceptors (Lipinski definition) is 4. The lowest BCUT2D eigenvalue weighted by Crippen LogP contribution is -2.36. The Hall–Kier alpha value is -3.49. The summed E-state index contributed by atoms with van der Waals surface area (Å²) in [6.45, 7) is 0.292. The van der Waals surface area contributed by atoms with Crippen LogP contribution in [0.4, 0.5) is 22.4 Å². The summed E-state index contributed by atoms with van der Waals surface area (Å²) in [7, 11) is 0. The van der Waals surface area contributed by atoms with Crippen LogP contribution in [0.3, 0.4) is 0 Å². The Bertz CT molecular complexity index is 1070. The van der Waals surface area contributed by atoms with Gasteiger partial charge in [0.25, 0.3) is 0 Å². The van der Waals surface area contributed by atoms with Gasteiger partial charge in [0, 0.05) is 23.5 Å². The number of rotatable bonds is 3. The van der Waals surface area contributed by atoms with Crippen LogP contribution >= 0.6 is 0 Å². The largest absolute Gasteiger partial charge is 0.416 e. The van der Waals surface area contributed by atoms with Crippen molar-refractivity contribution in [2.45, 2.75) is 19.3 Å². The molecule has 0 bridgehead atoms. The van der Waals surface area contributed by atoms with Crippen LogP contribution in [0.2, 0.25) is 0 Å². The van der Waals surface area contributed by atoms with E-state index in [4.69, 9.17) is 4.74 Å². The lowest BCUT2D eigenvalue weighted by Gasteiger charge is -2.27. The number of alkyl halides is 3. The summed E-state index contributed by atoms with van der Waals surface area (Å²) in [5.74, 6) is -0.240. The fourth-order valence-electron chi connectivity index (χ4n) is 3.03. The highest BCUT2D eigenvalue weighted by molar-refractivity contribution is 5.75. The van der Waals surface area contributed by atoms with Crippen molar-refractivity contribution in [2.24, 2.45) is 0 Å². The molecule has 2 aromatic carbocycles. The number of ether oxygens (including phenoxy) is 1. The van der Waals surface area contributed by atoms with Gasteiger partial charge < -0.3 is 4.74 Å². The van der Waals surface area contributed by atoms with Gasteiger partial charge in [-0.2, -0.15) is 13.2 Å². The number of amides is 1. The highest BCUT2D eigenvalue weighted by atomic mass is 19.4. The number of benzene rings is 2. The van der Waals surface area contributed by atoms with E-state index < -0.39 is 23.7 Å². The van der Waals surface area contributed by atoms with E-state index in [1.54, 1.807) is 24.5 Å². The average Bonchev–Trinajstić information content (AvgIpc) is 2.68. The molecule has 0 saturated heterocycles. The van der Waals surface area contributed by atoms with Crippen molar-refractivity contribution >= 4 is 6.09 Å². The molecule has 5 nitrogen and oxygen atoms in total. The second-order valence-electron chi connectivity index (χ2n) is 6.40. The van der Waals surface area contributed by atoms with Gasteiger partial charge in [-0.15, -0.1) is 0 Å². The van der Waals surface area contributed by atoms with E-state index in [0.717, 1.165) is 12.1 Å². The SMILES string of the molecule is O=C1Oc2ccc(-c3ccc(C(F)(F)F)cc3F)cc2CN1Cc1ncccn1. The molecule has 4 rings (SSSR count). The lowest BCUT2D eigenvalue weighted by atomic mass is 9.99. The molecule has 0 aliphatic carbocycles. The third-order valence-electron chi connectivity index (χ3n) is 4.44. The van der Waals surface area contributed by atoms with Crippen molar-refractivity contribution in [3.63, 3.8) is 0 Å². The van der Waals surface area contributed by atoms with Crippen molar-refractivity contribution in [2.75, 3.05) is 0 Å². The predicted octanol–water partition coefficient (Wildman–Crippen LogP) is 4.82. The van der Waals surface area contributed by atoms with Crippen LogP contribution in [0.1, 0.15) is 17.0 Å². The van der Waals surface area contributed by atoms with Gasteiger partial charge in [-0.05, 0) is 35.9 Å². The van der Waals surface area contributed by atoms with Crippen LogP contribution in [0.5, 0.6) is 5.75 Å². The van der Waals surface area contributed by atoms with E-state index in [1.807, 2.05) is 0 Å². The first-order valence-electron chi connectivity index (χ1n) is 8.54. The van der Waals surface area contributed by atoms with Gasteiger partial charge in [0.2, 0.25) is 0 Å². The minimum atomic E-state index is -4.62. The van der Waals surface area contributed by atoms with Crippen molar-refractivity contribution in [1.82, 2.24) is 14.9 Å². The standard InChI is InChI=1S/C20H13F4N3O2/c21-16-9-14(20(22,23)24)3-4-15(16)12-2-5-17-13(8-12)10-27(19(28)29-17)11-18-25-6-1-7-26-18/h1-9H,10-11H2. The summed E-state index contributed by atoms with van der Waals surface area (Å²) >= 11 is 0. The molecule has 0 radical (unpaired) electrons. The van der Waals surface area contributed by atoms with Gasteiger partial charge in [0.15, 0.2) is 0 Å². The van der Waals surface area contributed by atoms with Gasteiger partial charge in [-0.1, -0.05) is 12.1 Å². The van der Waals surface area contributed by atoms with E-state index in [0.29, 0.717) is 28.8 Å². The number of halogens is 4. The van der Waals surface area contributed by atoms with Crippen molar-refractivity contribution in [1.29, 1.82) is 0 Å². The first kappa shape index (κ1) is 18.9. The van der Waals surface area contributed by atoms with Crippen LogP contribution in [0, 0.1) is 5.82 Å². The Morgan fingerprint density at radius 2 is 1.83 bits per heavy atom. The smallest absolute Gasteiger partial charge is 0.410 e. The van der Waals surface area contributed by atoms with Gasteiger partial charge in [0.1, 0.15) is 17.4 Å². The normalized spacial score (nSPS) is 13.8. The van der Waals surface area contributed by atoms with E-state index in [1.165, 1.54) is 17.0 Å². The fraction of sp³-hybridized carbons (Fsp3) is 0.150. The zero-order valence-electron chi connectivity index (χ0n) is 14.8. The van der Waals surface area contributed by atoms with E-state index in [2.05, 4.69) is 9.97 Å². The van der Waals surface area contributed by atoms with Crippen LogP contribution in [0.25, 0.3) is 11.1 Å². The van der Waals surface area contributed by atoms with Crippen molar-refractivity contribution in [3.8, 4) is 16.9 Å². The van der Waals surface area contributed by atoms with Crippen LogP contribution in [-0.2, 0) is 19.3 Å². The summed E-state index contributed by atoms with van der Waals surface area (Å²) < 4.78 is 57.9. The molecule has 1 aromatic heterocycles. The molecule has 29 heavy (non-hydrogen) atoms. The van der Waals surface area contributed by atoms with Crippen molar-refractivity contribution < 1.29 is 27.1 Å². The highest BCUT2D eigenvalue weighted by Gasteiger charge is 2.31. The maximum atomic E-state index is 14.3. The molecule has 0 saturated carbocycles. The third-order valence-corrected chi connectivity index (χ3v) is 4.44. The average molecular weight is 403 g/mol. The number of nitrogens with zero attached hydrogens (tertiary/aromatic N) is 3. The molecule has 3 aromatic rings. The maximum Gasteiger partial charge on any atom is 0.416 e. The third kappa shape index (κ3) is 3.89. The summed E-state index contributed by atoms with van der Waals surface area (Å²) in [5, 5.41) is 0. The quantitative estimate of drug-likeness (QED) is 0.589. The molecule has 0 spiro atoms. The summed E-state index contributed by atoms with van der Waals surface area (Å²) in [5.41, 5.74) is -0.0588. The van der Waals surface area contributed by atoms with Crippen molar-refractivity contribution in [3.05, 3.63) is 77.6 Å². The molecule has 0 unspecified atom stereocenters. The molecule has 148 valence electrons. The summed E-state index contributed by atoms with van der Waals surface area (Å²) in [6.07, 6.45) is -2.09. The summed E-state index contributed by atoms with van der Waals surface area (Å²) in [6, 6.07) is 8.61. The van der Waals surface area contributed by atoms with E-state index >= 15 is 0 Å². The molecule has 0 N–H and O–H groups in total. The van der Waals surface area contributed by atoms with Crippen LogP contribution in [-0.4, -0.2) is 21.0 Å². The fourth-order valence-corrected chi connectivity index (χ4v) is 3.03. The number of carbonyl (C=O) groups is 1. The first-order chi connectivity index (χ1) is 13.8. The van der Waals surface area contributed by atoms with Gasteiger partial charge in [0.05, 0.1) is 18.7 Å². The molecule has 1 amide bonds. The Labute approximate surface area is 162 Å². The van der Waals surface area contributed by atoms with Gasteiger partial charge in [-0.3, -0.25) is 4.90 Å².